The summed E-state index contributed by atoms with van der Waals surface area (Å²) in [6.07, 6.45) is 12.8. The van der Waals surface area contributed by atoms with Gasteiger partial charge in [-0.15, -0.1) is 0 Å². The number of carboxylic acid groups (broad SMARTS) is 2. The molecule has 68 heavy (non-hydrogen) atoms. The van der Waals surface area contributed by atoms with Gasteiger partial charge in [-0.25, -0.2) is 9.59 Å². The lowest BCUT2D eigenvalue weighted by molar-refractivity contribution is 0.0685. The molecule has 0 radical (unpaired) electrons. The number of nitrogens with zero attached hydrogens (tertiary/aromatic N) is 5. The van der Waals surface area contributed by atoms with Gasteiger partial charge in [0, 0.05) is 78.8 Å². The molecule has 0 amide bonds. The van der Waals surface area contributed by atoms with Gasteiger partial charge in [0.2, 0.25) is 0 Å². The molecule has 10 N–H and O–H groups in total. The molecule has 2 rings (SSSR count). The fourth-order valence-corrected chi connectivity index (χ4v) is 6.23. The number of carbonyl (C=O) groups is 2. The maximum absolute atomic E-state index is 11.3. The molecule has 16 nitrogen and oxygen atoms in total. The molecule has 2 aromatic carbocycles. The van der Waals surface area contributed by atoms with Crippen LogP contribution in [0.5, 0.6) is 0 Å². The summed E-state index contributed by atoms with van der Waals surface area (Å²) in [6, 6.07) is 11.0. The van der Waals surface area contributed by atoms with E-state index in [0.29, 0.717) is 50.4 Å². The van der Waals surface area contributed by atoms with Gasteiger partial charge in [-0.2, -0.15) is 0 Å². The van der Waals surface area contributed by atoms with Crippen molar-refractivity contribution in [1.82, 2.24) is 14.7 Å². The number of aliphatic hydroxyl groups is 6. The molecule has 0 aliphatic carbocycles. The van der Waals surface area contributed by atoms with Crippen molar-refractivity contribution in [3.63, 3.8) is 0 Å². The third-order valence-corrected chi connectivity index (χ3v) is 10.2. The summed E-state index contributed by atoms with van der Waals surface area (Å²) in [5.74, 6) is -1.68. The van der Waals surface area contributed by atoms with E-state index in [0.717, 1.165) is 41.8 Å². The Morgan fingerprint density at radius 1 is 0.515 bits per heavy atom. The van der Waals surface area contributed by atoms with Crippen LogP contribution in [0.4, 0.5) is 11.4 Å². The number of aryl methyl sites for hydroxylation is 2. The van der Waals surface area contributed by atoms with Crippen molar-refractivity contribution >= 4 is 23.3 Å². The molecule has 16 heteroatoms. The van der Waals surface area contributed by atoms with Crippen molar-refractivity contribution in [2.45, 2.75) is 125 Å². The van der Waals surface area contributed by atoms with Crippen LogP contribution < -0.4 is 15.5 Å². The second-order valence-electron chi connectivity index (χ2n) is 17.6. The van der Waals surface area contributed by atoms with E-state index in [2.05, 4.69) is 32.6 Å². The zero-order valence-corrected chi connectivity index (χ0v) is 44.8. The number of anilines is 2. The predicted molar refractivity (Wildman–Crippen MR) is 284 cm³/mol. The van der Waals surface area contributed by atoms with Crippen LogP contribution in [-0.4, -0.2) is 200 Å². The van der Waals surface area contributed by atoms with E-state index < -0.39 is 17.5 Å². The molecule has 0 unspecified atom stereocenters. The van der Waals surface area contributed by atoms with Gasteiger partial charge in [0.1, 0.15) is 0 Å². The average molecular weight is 971 g/mol. The molecule has 400 valence electrons. The fraction of sp³-hybridized carbons (Fsp3) is 0.731. The normalized spacial score (nSPS) is 10.6. The second-order valence-corrected chi connectivity index (χ2v) is 17.6. The summed E-state index contributed by atoms with van der Waals surface area (Å²) in [4.78, 5) is 32.3. The van der Waals surface area contributed by atoms with Gasteiger partial charge in [-0.1, -0.05) is 66.7 Å². The molecule has 0 aliphatic rings. The molecule has 0 saturated carbocycles. The Kier molecular flexibility index (Phi) is 49.4. The average Bonchev–Trinajstić information content (AvgIpc) is 3.28. The molecule has 2 aromatic rings. The topological polar surface area (TPSA) is 238 Å². The number of carboxylic acids is 2. The van der Waals surface area contributed by atoms with Gasteiger partial charge >= 0.3 is 11.9 Å². The summed E-state index contributed by atoms with van der Waals surface area (Å²) in [5.41, 5.74) is 9.16. The number of hydrogen-bond acceptors (Lipinski definition) is 14. The predicted octanol–water partition coefficient (Wildman–Crippen LogP) is 5.77. The highest BCUT2D eigenvalue weighted by molar-refractivity contribution is 5.90. The van der Waals surface area contributed by atoms with Crippen LogP contribution in [-0.2, 0) is 12.8 Å². The monoisotopic (exact) mass is 971 g/mol. The number of likely N-dealkylation sites (N-methyl/N-ethyl adjacent to an activating group) is 1. The maximum atomic E-state index is 11.3. The number of nitrogens with two attached hydrogens (primary N) is 1. The van der Waals surface area contributed by atoms with E-state index in [1.807, 2.05) is 81.1 Å². The number of unbranched alkanes of at least 4 members (excludes halogenated alkanes) is 5. The van der Waals surface area contributed by atoms with Gasteiger partial charge in [-0.3, -0.25) is 4.90 Å². The third kappa shape index (κ3) is 41.5. The summed E-state index contributed by atoms with van der Waals surface area (Å²) in [6.45, 7) is 21.8. The first kappa shape index (κ1) is 71.1. The Morgan fingerprint density at radius 2 is 0.853 bits per heavy atom. The molecule has 0 fully saturated rings. The molecule has 0 atom stereocenters. The Balaban J connectivity index is -0.000000379. The van der Waals surface area contributed by atoms with Gasteiger partial charge < -0.3 is 66.2 Å². The van der Waals surface area contributed by atoms with E-state index in [-0.39, 0.29) is 33.0 Å². The second kappa shape index (κ2) is 47.3. The standard InChI is InChI=1S/C17H27NO2.C11H15NO2.C9H21N.C6H15NO3.C5H13NO2.C4H11NO/c1-4-5-6-7-8-9-10-14-13-15(18(2)3)11-12-16(14)17(19)20;1-4-8-7-9(12(2)3)5-6-10(8)11(13)14;1-4-7-10(8-5-2)9-6-3;8-4-1-7(2-5-9)3-6-10;1-6(2-4-7)3-5-8;1-4(2,6)3-5/h11-13H,4-10H2,1-3H3,(H,19,20);5-7H,4H2,1-3H3,(H,13,14);4-9H2,1-3H3;8-10H,1-6H2;7-8H,2-5H2,1H3;6H,3,5H2,1-2H3. The minimum atomic E-state index is -0.854. The summed E-state index contributed by atoms with van der Waals surface area (Å²) >= 11 is 0. The summed E-state index contributed by atoms with van der Waals surface area (Å²) in [5, 5.41) is 69.0. The van der Waals surface area contributed by atoms with Crippen LogP contribution in [0.3, 0.4) is 0 Å². The SMILES string of the molecule is CC(C)(O)CN.CCCCCCCCc1cc(N(C)C)ccc1C(=O)O.CCCN(CCC)CCC.CCc1cc(N(C)C)ccc1C(=O)O.CN(CCO)CCO.OCCN(CCO)CCO. The van der Waals surface area contributed by atoms with Crippen LogP contribution in [0.25, 0.3) is 0 Å². The van der Waals surface area contributed by atoms with Crippen LogP contribution in [0, 0.1) is 0 Å². The highest BCUT2D eigenvalue weighted by atomic mass is 16.4. The minimum Gasteiger partial charge on any atom is -0.478 e. The Morgan fingerprint density at radius 3 is 1.16 bits per heavy atom. The Bertz CT molecular complexity index is 1410. The maximum Gasteiger partial charge on any atom is 0.335 e. The van der Waals surface area contributed by atoms with Crippen LogP contribution in [0.2, 0.25) is 0 Å². The third-order valence-electron chi connectivity index (χ3n) is 10.2. The summed E-state index contributed by atoms with van der Waals surface area (Å²) < 4.78 is 0. The quantitative estimate of drug-likeness (QED) is 0.0440. The fourth-order valence-electron chi connectivity index (χ4n) is 6.23. The first-order chi connectivity index (χ1) is 32.2. The van der Waals surface area contributed by atoms with E-state index in [1.54, 1.807) is 30.9 Å². The highest BCUT2D eigenvalue weighted by Crippen LogP contribution is 2.21. The van der Waals surface area contributed by atoms with Gasteiger partial charge in [-0.05, 0) is 127 Å². The Labute approximate surface area is 413 Å². The largest absolute Gasteiger partial charge is 0.478 e. The molecule has 0 heterocycles. The molecule has 0 spiro atoms. The molecule has 0 aromatic heterocycles. The molecule has 0 aliphatic heterocycles. The smallest absolute Gasteiger partial charge is 0.335 e. The molecule has 0 saturated heterocycles. The zero-order valence-electron chi connectivity index (χ0n) is 44.8. The van der Waals surface area contributed by atoms with Gasteiger partial charge in [0.05, 0.1) is 49.8 Å². The van der Waals surface area contributed by atoms with Gasteiger partial charge in [0.15, 0.2) is 0 Å². The van der Waals surface area contributed by atoms with Crippen molar-refractivity contribution in [3.8, 4) is 0 Å². The lowest BCUT2D eigenvalue weighted by Crippen LogP contribution is -2.32. The van der Waals surface area contributed by atoms with Crippen molar-refractivity contribution < 1.29 is 50.4 Å². The number of benzene rings is 2. The minimum absolute atomic E-state index is 0.0694. The number of aliphatic hydroxyl groups excluding tert-OH is 5. The molecular weight excluding hydrogens is 869 g/mol. The first-order valence-electron chi connectivity index (χ1n) is 24.9. The van der Waals surface area contributed by atoms with Gasteiger partial charge in [0.25, 0.3) is 0 Å². The van der Waals surface area contributed by atoms with E-state index in [9.17, 15) is 14.7 Å². The van der Waals surface area contributed by atoms with E-state index >= 15 is 0 Å². The molecule has 0 bridgehead atoms. The van der Waals surface area contributed by atoms with Crippen LogP contribution in [0.1, 0.15) is 138 Å². The van der Waals surface area contributed by atoms with E-state index in [1.165, 1.54) is 71.0 Å². The highest BCUT2D eigenvalue weighted by Gasteiger charge is 2.12. The van der Waals surface area contributed by atoms with Crippen molar-refractivity contribution in [1.29, 1.82) is 0 Å². The summed E-state index contributed by atoms with van der Waals surface area (Å²) in [7, 11) is 9.69. The van der Waals surface area contributed by atoms with Crippen molar-refractivity contribution in [2.24, 2.45) is 5.73 Å². The number of hydrogen-bond donors (Lipinski definition) is 9. The van der Waals surface area contributed by atoms with Crippen molar-refractivity contribution in [2.75, 3.05) is 137 Å². The van der Waals surface area contributed by atoms with Crippen LogP contribution >= 0.6 is 0 Å². The number of aromatic carboxylic acids is 2. The lowest BCUT2D eigenvalue weighted by atomic mass is 9.99. The molecular formula is C52H102N6O10. The lowest BCUT2D eigenvalue weighted by Gasteiger charge is -2.19. The van der Waals surface area contributed by atoms with Crippen molar-refractivity contribution in [3.05, 3.63) is 58.7 Å². The zero-order chi connectivity index (χ0) is 52.9. The first-order valence-corrected chi connectivity index (χ1v) is 24.9. The Hall–Kier alpha value is -3.42. The number of rotatable bonds is 29. The van der Waals surface area contributed by atoms with Crippen LogP contribution in [0.15, 0.2) is 36.4 Å². The van der Waals surface area contributed by atoms with E-state index in [4.69, 9.17) is 41.5 Å².